The molecule has 7 nitrogen and oxygen atoms in total. The van der Waals surface area contributed by atoms with Gasteiger partial charge in [-0.15, -0.1) is 11.3 Å². The Labute approximate surface area is 185 Å². The van der Waals surface area contributed by atoms with Gasteiger partial charge in [-0.1, -0.05) is 0 Å². The van der Waals surface area contributed by atoms with E-state index in [4.69, 9.17) is 4.98 Å². The second kappa shape index (κ2) is 7.46. The number of nitrogens with one attached hydrogen (secondary N) is 1. The number of hydrogen-bond acceptors (Lipinski definition) is 6. The molecule has 0 amide bonds. The fourth-order valence-electron chi connectivity index (χ4n) is 4.26. The molecule has 0 atom stereocenters. The zero-order chi connectivity index (χ0) is 22.6. The van der Waals surface area contributed by atoms with Crippen LogP contribution in [0.25, 0.3) is 27.5 Å². The average molecular weight is 436 g/mol. The van der Waals surface area contributed by atoms with E-state index in [-0.39, 0.29) is 10.6 Å². The summed E-state index contributed by atoms with van der Waals surface area (Å²) in [5, 5.41) is 15.0. The molecule has 4 aromatic rings. The molecular formula is C23H25N5O2S. The largest absolute Gasteiger partial charge is 0.373 e. The predicted molar refractivity (Wildman–Crippen MR) is 126 cm³/mol. The smallest absolute Gasteiger partial charge is 0.276 e. The average Bonchev–Trinajstić information content (AvgIpc) is 3.22. The first-order valence-corrected chi connectivity index (χ1v) is 10.9. The maximum Gasteiger partial charge on any atom is 0.276 e. The molecule has 0 aliphatic heterocycles. The lowest BCUT2D eigenvalue weighted by Crippen LogP contribution is -2.04. The third kappa shape index (κ3) is 3.09. The summed E-state index contributed by atoms with van der Waals surface area (Å²) in [6.07, 6.45) is 1.77. The third-order valence-corrected chi connectivity index (χ3v) is 7.29. The van der Waals surface area contributed by atoms with Crippen LogP contribution in [0.3, 0.4) is 0 Å². The number of fused-ring (bicyclic) bond motifs is 1. The molecule has 0 saturated carbocycles. The summed E-state index contributed by atoms with van der Waals surface area (Å²) >= 11 is 1.63. The molecule has 160 valence electrons. The summed E-state index contributed by atoms with van der Waals surface area (Å²) in [7, 11) is 1.83. The molecular weight excluding hydrogens is 410 g/mol. The summed E-state index contributed by atoms with van der Waals surface area (Å²) < 4.78 is 2.16. The van der Waals surface area contributed by atoms with Crippen molar-refractivity contribution in [1.29, 1.82) is 0 Å². The van der Waals surface area contributed by atoms with E-state index < -0.39 is 0 Å². The molecule has 0 saturated heterocycles. The molecule has 0 unspecified atom stereocenters. The molecule has 1 aromatic carbocycles. The van der Waals surface area contributed by atoms with Crippen LogP contribution in [-0.4, -0.2) is 26.3 Å². The standard InChI is InChI=1S/C23H25N5O2S/c1-11-12(2)19(14(4)21(13(11)3)28(29)30)20-22(17-8-9-25-18(10-17)24-7)27-15(5)16(6)31-23(27)26-20/h8-10H,1-7H3,(H,24,25). The highest BCUT2D eigenvalue weighted by molar-refractivity contribution is 7.17. The lowest BCUT2D eigenvalue weighted by atomic mass is 9.89. The summed E-state index contributed by atoms with van der Waals surface area (Å²) in [5.74, 6) is 0.752. The molecule has 0 aliphatic rings. The van der Waals surface area contributed by atoms with Crippen molar-refractivity contribution in [2.45, 2.75) is 41.5 Å². The fourth-order valence-corrected chi connectivity index (χ4v) is 5.23. The van der Waals surface area contributed by atoms with Crippen LogP contribution >= 0.6 is 11.3 Å². The van der Waals surface area contributed by atoms with Gasteiger partial charge in [-0.3, -0.25) is 14.5 Å². The Morgan fingerprint density at radius 3 is 2.42 bits per heavy atom. The van der Waals surface area contributed by atoms with Crippen molar-refractivity contribution in [3.05, 3.63) is 61.3 Å². The van der Waals surface area contributed by atoms with Crippen LogP contribution in [0.2, 0.25) is 0 Å². The lowest BCUT2D eigenvalue weighted by Gasteiger charge is -2.16. The van der Waals surface area contributed by atoms with Gasteiger partial charge in [0.05, 0.1) is 16.3 Å². The number of aryl methyl sites for hydroxylation is 2. The van der Waals surface area contributed by atoms with Gasteiger partial charge in [0.1, 0.15) is 5.82 Å². The van der Waals surface area contributed by atoms with E-state index in [1.807, 2.05) is 46.9 Å². The fraction of sp³-hybridized carbons (Fsp3) is 0.304. The van der Waals surface area contributed by atoms with E-state index in [1.54, 1.807) is 17.5 Å². The third-order valence-electron chi connectivity index (χ3n) is 6.23. The van der Waals surface area contributed by atoms with E-state index in [2.05, 4.69) is 28.5 Å². The lowest BCUT2D eigenvalue weighted by molar-refractivity contribution is -0.386. The molecule has 0 spiro atoms. The van der Waals surface area contributed by atoms with Crippen LogP contribution in [0.4, 0.5) is 11.5 Å². The Bertz CT molecular complexity index is 1370. The maximum atomic E-state index is 11.9. The Morgan fingerprint density at radius 2 is 1.77 bits per heavy atom. The summed E-state index contributed by atoms with van der Waals surface area (Å²) in [5.41, 5.74) is 8.07. The minimum atomic E-state index is -0.278. The van der Waals surface area contributed by atoms with Crippen LogP contribution in [0.1, 0.15) is 32.8 Å². The minimum Gasteiger partial charge on any atom is -0.373 e. The number of thiazole rings is 1. The van der Waals surface area contributed by atoms with Crippen LogP contribution in [0, 0.1) is 51.7 Å². The highest BCUT2D eigenvalue weighted by Crippen LogP contribution is 2.43. The Kier molecular flexibility index (Phi) is 5.05. The van der Waals surface area contributed by atoms with Crippen molar-refractivity contribution in [1.82, 2.24) is 14.4 Å². The molecule has 8 heteroatoms. The number of rotatable bonds is 4. The van der Waals surface area contributed by atoms with Gasteiger partial charge in [0, 0.05) is 46.1 Å². The Balaban J connectivity index is 2.17. The minimum absolute atomic E-state index is 0.166. The van der Waals surface area contributed by atoms with Gasteiger partial charge in [-0.25, -0.2) is 9.97 Å². The number of pyridine rings is 1. The number of benzene rings is 1. The second-order valence-corrected chi connectivity index (χ2v) is 9.01. The molecule has 1 N–H and O–H groups in total. The van der Waals surface area contributed by atoms with Crippen molar-refractivity contribution >= 4 is 27.8 Å². The number of nitro groups is 1. The van der Waals surface area contributed by atoms with Crippen LogP contribution in [-0.2, 0) is 0 Å². The zero-order valence-corrected chi connectivity index (χ0v) is 19.6. The molecule has 0 fully saturated rings. The molecule has 31 heavy (non-hydrogen) atoms. The second-order valence-electron chi connectivity index (χ2n) is 7.83. The first-order valence-electron chi connectivity index (χ1n) is 10.0. The highest BCUT2D eigenvalue weighted by Gasteiger charge is 2.28. The monoisotopic (exact) mass is 435 g/mol. The van der Waals surface area contributed by atoms with Gasteiger partial charge in [0.2, 0.25) is 0 Å². The van der Waals surface area contributed by atoms with E-state index in [0.717, 1.165) is 50.1 Å². The quantitative estimate of drug-likeness (QED) is 0.317. The predicted octanol–water partition coefficient (Wildman–Crippen LogP) is 5.93. The summed E-state index contributed by atoms with van der Waals surface area (Å²) in [6.45, 7) is 11.8. The molecule has 0 aliphatic carbocycles. The van der Waals surface area contributed by atoms with E-state index in [1.165, 1.54) is 4.88 Å². The number of aromatic nitrogens is 3. The van der Waals surface area contributed by atoms with Crippen molar-refractivity contribution in [3.8, 4) is 22.5 Å². The van der Waals surface area contributed by atoms with Gasteiger partial charge < -0.3 is 5.32 Å². The van der Waals surface area contributed by atoms with Crippen molar-refractivity contribution in [2.75, 3.05) is 12.4 Å². The molecule has 4 rings (SSSR count). The number of nitro benzene ring substituents is 1. The first-order chi connectivity index (χ1) is 14.7. The van der Waals surface area contributed by atoms with Gasteiger partial charge in [-0.2, -0.15) is 0 Å². The number of hydrogen-bond donors (Lipinski definition) is 1. The maximum absolute atomic E-state index is 11.9. The summed E-state index contributed by atoms with van der Waals surface area (Å²) in [4.78, 5) is 23.1. The summed E-state index contributed by atoms with van der Waals surface area (Å²) in [6, 6.07) is 3.94. The van der Waals surface area contributed by atoms with Crippen molar-refractivity contribution in [3.63, 3.8) is 0 Å². The SMILES string of the molecule is CNc1cc(-c2c(-c3c(C)c(C)c(C)c([N+](=O)[O-])c3C)nc3sc(C)c(C)n23)ccn1. The molecule has 3 aromatic heterocycles. The highest BCUT2D eigenvalue weighted by atomic mass is 32.1. The van der Waals surface area contributed by atoms with Gasteiger partial charge in [0.25, 0.3) is 5.69 Å². The van der Waals surface area contributed by atoms with Gasteiger partial charge in [-0.05, 0) is 64.8 Å². The first kappa shape index (κ1) is 21.0. The van der Waals surface area contributed by atoms with Crippen LogP contribution in [0.5, 0.6) is 0 Å². The number of nitrogens with zero attached hydrogens (tertiary/aromatic N) is 4. The molecule has 0 bridgehead atoms. The van der Waals surface area contributed by atoms with E-state index in [0.29, 0.717) is 11.1 Å². The van der Waals surface area contributed by atoms with Crippen molar-refractivity contribution in [2.24, 2.45) is 0 Å². The van der Waals surface area contributed by atoms with E-state index >= 15 is 0 Å². The molecule has 3 heterocycles. The van der Waals surface area contributed by atoms with Crippen molar-refractivity contribution < 1.29 is 4.92 Å². The van der Waals surface area contributed by atoms with Gasteiger partial charge >= 0.3 is 0 Å². The van der Waals surface area contributed by atoms with Crippen LogP contribution < -0.4 is 5.32 Å². The normalized spacial score (nSPS) is 11.3. The zero-order valence-electron chi connectivity index (χ0n) is 18.7. The molecule has 0 radical (unpaired) electrons. The number of imidazole rings is 1. The van der Waals surface area contributed by atoms with Crippen LogP contribution in [0.15, 0.2) is 18.3 Å². The van der Waals surface area contributed by atoms with E-state index in [9.17, 15) is 10.1 Å². The number of anilines is 1. The Morgan fingerprint density at radius 1 is 1.06 bits per heavy atom. The topological polar surface area (TPSA) is 85.4 Å². The Hall–Kier alpha value is -3.26. The van der Waals surface area contributed by atoms with Gasteiger partial charge in [0.15, 0.2) is 4.96 Å².